The highest BCUT2D eigenvalue weighted by atomic mass is 32.1. The van der Waals surface area contributed by atoms with Crippen molar-refractivity contribution in [3.8, 4) is 11.1 Å². The van der Waals surface area contributed by atoms with Gasteiger partial charge in [0.05, 0.1) is 5.52 Å². The zero-order chi connectivity index (χ0) is 19.7. The Labute approximate surface area is 165 Å². The van der Waals surface area contributed by atoms with Gasteiger partial charge in [-0.3, -0.25) is 0 Å². The Morgan fingerprint density at radius 3 is 2.68 bits per heavy atom. The van der Waals surface area contributed by atoms with E-state index in [-0.39, 0.29) is 0 Å². The third-order valence-corrected chi connectivity index (χ3v) is 5.85. The van der Waals surface area contributed by atoms with Crippen molar-refractivity contribution in [3.63, 3.8) is 0 Å². The summed E-state index contributed by atoms with van der Waals surface area (Å²) in [6.45, 7) is 6.71. The van der Waals surface area contributed by atoms with Gasteiger partial charge >= 0.3 is 6.18 Å². The van der Waals surface area contributed by atoms with E-state index in [9.17, 15) is 13.2 Å². The Morgan fingerprint density at radius 2 is 1.96 bits per heavy atom. The van der Waals surface area contributed by atoms with Crippen LogP contribution in [0.15, 0.2) is 35.2 Å². The van der Waals surface area contributed by atoms with Crippen molar-refractivity contribution < 1.29 is 13.2 Å². The maximum atomic E-state index is 13.3. The maximum absolute atomic E-state index is 13.3. The minimum Gasteiger partial charge on any atom is -0.355 e. The van der Waals surface area contributed by atoms with E-state index >= 15 is 0 Å². The van der Waals surface area contributed by atoms with E-state index in [1.165, 1.54) is 17.4 Å². The van der Waals surface area contributed by atoms with Gasteiger partial charge in [0.1, 0.15) is 11.5 Å². The summed E-state index contributed by atoms with van der Waals surface area (Å²) >= 11 is 1.50. The van der Waals surface area contributed by atoms with Crippen LogP contribution in [0.3, 0.4) is 0 Å². The molecule has 28 heavy (non-hydrogen) atoms. The minimum atomic E-state index is -4.48. The Kier molecular flexibility index (Phi) is 5.25. The molecule has 0 amide bonds. The van der Waals surface area contributed by atoms with Gasteiger partial charge in [0.15, 0.2) is 0 Å². The number of alkyl halides is 3. The summed E-state index contributed by atoms with van der Waals surface area (Å²) in [7, 11) is 0. The second kappa shape index (κ2) is 7.67. The molecule has 3 aromatic rings. The first kappa shape index (κ1) is 19.1. The smallest absolute Gasteiger partial charge is 0.355 e. The molecule has 8 heteroatoms. The van der Waals surface area contributed by atoms with E-state index in [2.05, 4.69) is 26.7 Å². The van der Waals surface area contributed by atoms with Crippen LogP contribution in [0.1, 0.15) is 19.0 Å². The first-order valence-corrected chi connectivity index (χ1v) is 10.3. The van der Waals surface area contributed by atoms with Crippen LogP contribution >= 0.6 is 11.3 Å². The number of anilines is 1. The molecule has 0 aliphatic carbocycles. The fraction of sp³-hybridized carbons (Fsp3) is 0.400. The van der Waals surface area contributed by atoms with Crippen LogP contribution in [0.5, 0.6) is 0 Å². The van der Waals surface area contributed by atoms with E-state index in [0.29, 0.717) is 22.3 Å². The normalized spacial score (nSPS) is 16.5. The molecule has 1 aliphatic heterocycles. The molecular weight excluding hydrogens is 385 g/mol. The van der Waals surface area contributed by atoms with E-state index in [1.54, 1.807) is 6.20 Å². The van der Waals surface area contributed by atoms with Crippen molar-refractivity contribution in [2.45, 2.75) is 19.5 Å². The lowest BCUT2D eigenvalue weighted by Crippen LogP contribution is -2.31. The van der Waals surface area contributed by atoms with E-state index in [1.807, 2.05) is 16.8 Å². The highest BCUT2D eigenvalue weighted by Crippen LogP contribution is 2.36. The molecular formula is C20H21F3N4S. The van der Waals surface area contributed by atoms with Crippen LogP contribution in [0.2, 0.25) is 0 Å². The number of pyridine rings is 2. The van der Waals surface area contributed by atoms with Crippen LogP contribution in [0.25, 0.3) is 22.0 Å². The fourth-order valence-electron chi connectivity index (χ4n) is 3.64. The van der Waals surface area contributed by atoms with Crippen LogP contribution in [0, 0.1) is 0 Å². The van der Waals surface area contributed by atoms with Crippen LogP contribution in [-0.2, 0) is 6.18 Å². The first-order chi connectivity index (χ1) is 13.5. The number of hydrogen-bond donors (Lipinski definition) is 0. The predicted octanol–water partition coefficient (Wildman–Crippen LogP) is 4.91. The van der Waals surface area contributed by atoms with Gasteiger partial charge in [0.25, 0.3) is 0 Å². The Morgan fingerprint density at radius 1 is 1.11 bits per heavy atom. The number of aromatic nitrogens is 2. The SMILES string of the molecule is CCN1CCCN(c2ncc(-c3ccsc3)c3nc(C(F)(F)F)ccc23)CC1. The number of thiophene rings is 1. The molecule has 4 nitrogen and oxygen atoms in total. The molecule has 0 bridgehead atoms. The Balaban J connectivity index is 1.84. The van der Waals surface area contributed by atoms with Gasteiger partial charge in [0, 0.05) is 36.8 Å². The van der Waals surface area contributed by atoms with Gasteiger partial charge in [-0.2, -0.15) is 24.5 Å². The summed E-state index contributed by atoms with van der Waals surface area (Å²) in [5.74, 6) is 0.716. The molecule has 0 spiro atoms. The van der Waals surface area contributed by atoms with Gasteiger partial charge in [-0.05, 0) is 54.0 Å². The van der Waals surface area contributed by atoms with Crippen molar-refractivity contribution in [3.05, 3.63) is 40.8 Å². The number of nitrogens with zero attached hydrogens (tertiary/aromatic N) is 4. The zero-order valence-electron chi connectivity index (χ0n) is 15.5. The second-order valence-electron chi connectivity index (χ2n) is 6.87. The monoisotopic (exact) mass is 406 g/mol. The maximum Gasteiger partial charge on any atom is 0.433 e. The van der Waals surface area contributed by atoms with Gasteiger partial charge < -0.3 is 9.80 Å². The van der Waals surface area contributed by atoms with Crippen molar-refractivity contribution in [1.29, 1.82) is 0 Å². The second-order valence-corrected chi connectivity index (χ2v) is 7.65. The largest absolute Gasteiger partial charge is 0.433 e. The van der Waals surface area contributed by atoms with Crippen LogP contribution < -0.4 is 4.90 Å². The van der Waals surface area contributed by atoms with Gasteiger partial charge in [-0.1, -0.05) is 6.92 Å². The molecule has 0 unspecified atom stereocenters. The van der Waals surface area contributed by atoms with Crippen molar-refractivity contribution in [2.75, 3.05) is 37.6 Å². The van der Waals surface area contributed by atoms with E-state index < -0.39 is 11.9 Å². The third-order valence-electron chi connectivity index (χ3n) is 5.17. The van der Waals surface area contributed by atoms with Crippen molar-refractivity contribution in [1.82, 2.24) is 14.9 Å². The number of fused-ring (bicyclic) bond motifs is 1. The molecule has 0 N–H and O–H groups in total. The Bertz CT molecular complexity index is 956. The fourth-order valence-corrected chi connectivity index (χ4v) is 4.29. The average molecular weight is 406 g/mol. The lowest BCUT2D eigenvalue weighted by Gasteiger charge is -2.24. The number of halogens is 3. The van der Waals surface area contributed by atoms with Crippen LogP contribution in [0.4, 0.5) is 19.0 Å². The predicted molar refractivity (Wildman–Crippen MR) is 107 cm³/mol. The molecule has 0 saturated carbocycles. The number of likely N-dealkylation sites (N-methyl/N-ethyl adjacent to an activating group) is 1. The molecule has 1 aliphatic rings. The molecule has 0 aromatic carbocycles. The minimum absolute atomic E-state index is 0.356. The molecule has 0 atom stereocenters. The third kappa shape index (κ3) is 3.71. The molecule has 1 fully saturated rings. The summed E-state index contributed by atoms with van der Waals surface area (Å²) in [5.41, 5.74) is 0.960. The summed E-state index contributed by atoms with van der Waals surface area (Å²) in [6, 6.07) is 4.46. The molecule has 4 rings (SSSR count). The summed E-state index contributed by atoms with van der Waals surface area (Å²) in [5, 5.41) is 4.47. The lowest BCUT2D eigenvalue weighted by molar-refractivity contribution is -0.140. The number of rotatable bonds is 3. The van der Waals surface area contributed by atoms with Gasteiger partial charge in [0.2, 0.25) is 0 Å². The van der Waals surface area contributed by atoms with Crippen molar-refractivity contribution in [2.24, 2.45) is 0 Å². The number of hydrogen-bond acceptors (Lipinski definition) is 5. The van der Waals surface area contributed by atoms with Crippen LogP contribution in [-0.4, -0.2) is 47.6 Å². The van der Waals surface area contributed by atoms with Gasteiger partial charge in [-0.25, -0.2) is 9.97 Å². The van der Waals surface area contributed by atoms with E-state index in [4.69, 9.17) is 0 Å². The molecule has 148 valence electrons. The quantitative estimate of drug-likeness (QED) is 0.619. The molecule has 4 heterocycles. The summed E-state index contributed by atoms with van der Waals surface area (Å²) in [4.78, 5) is 13.2. The summed E-state index contributed by atoms with van der Waals surface area (Å²) < 4.78 is 39.9. The molecule has 0 radical (unpaired) electrons. The highest BCUT2D eigenvalue weighted by Gasteiger charge is 2.33. The highest BCUT2D eigenvalue weighted by molar-refractivity contribution is 7.08. The van der Waals surface area contributed by atoms with Gasteiger partial charge in [-0.15, -0.1) is 0 Å². The molecule has 3 aromatic heterocycles. The standard InChI is InChI=1S/C20H21F3N4S/c1-2-26-7-3-8-27(10-9-26)19-15-4-5-17(20(21,22)23)25-18(15)16(12-24-19)14-6-11-28-13-14/h4-6,11-13H,2-3,7-10H2,1H3. The first-order valence-electron chi connectivity index (χ1n) is 9.34. The Hall–Kier alpha value is -2.19. The zero-order valence-corrected chi connectivity index (χ0v) is 16.4. The van der Waals surface area contributed by atoms with Crippen molar-refractivity contribution >= 4 is 28.1 Å². The average Bonchev–Trinajstić information content (AvgIpc) is 3.11. The van der Waals surface area contributed by atoms with E-state index in [0.717, 1.165) is 50.8 Å². The lowest BCUT2D eigenvalue weighted by atomic mass is 10.1. The summed E-state index contributed by atoms with van der Waals surface area (Å²) in [6.07, 6.45) is -1.82. The topological polar surface area (TPSA) is 32.3 Å². The molecule has 1 saturated heterocycles.